The number of fused-ring (bicyclic) bond motifs is 2. The molecule has 6 nitrogen and oxygen atoms in total. The van der Waals surface area contributed by atoms with Crippen LogP contribution in [0.1, 0.15) is 5.56 Å². The quantitative estimate of drug-likeness (QED) is 0.415. The summed E-state index contributed by atoms with van der Waals surface area (Å²) in [6.07, 6.45) is 0. The maximum Gasteiger partial charge on any atom is 0.187 e. The van der Waals surface area contributed by atoms with Crippen molar-refractivity contribution in [2.24, 2.45) is 0 Å². The number of imidazole rings is 1. The van der Waals surface area contributed by atoms with Crippen LogP contribution in [0.5, 0.6) is 0 Å². The number of para-hydroxylation sites is 2. The minimum absolute atomic E-state index is 0.142. The molecule has 0 bridgehead atoms. The fourth-order valence-corrected chi connectivity index (χ4v) is 4.19. The van der Waals surface area contributed by atoms with Gasteiger partial charge in [0.05, 0.1) is 28.2 Å². The molecule has 0 fully saturated rings. The number of carbonyl (C=O) groups excluding carboxylic acids is 1. The Hall–Kier alpha value is -3.24. The van der Waals surface area contributed by atoms with Crippen molar-refractivity contribution in [1.29, 1.82) is 5.26 Å². The van der Waals surface area contributed by atoms with Gasteiger partial charge >= 0.3 is 0 Å². The normalized spacial score (nSPS) is 13.0. The molecule has 0 unspecified atom stereocenters. The fraction of sp³-hybridized carbons (Fsp3) is 0.190. The van der Waals surface area contributed by atoms with E-state index in [2.05, 4.69) is 16.0 Å². The van der Waals surface area contributed by atoms with Gasteiger partial charge < -0.3 is 14.8 Å². The molecule has 0 spiro atoms. The molecule has 1 aromatic heterocycles. The topological polar surface area (TPSA) is 76.0 Å². The number of aryl methyl sites for hydroxylation is 1. The molecule has 3 aromatic rings. The van der Waals surface area contributed by atoms with E-state index >= 15 is 0 Å². The highest BCUT2D eigenvalue weighted by Gasteiger charge is 2.31. The first-order valence-electron chi connectivity index (χ1n) is 8.83. The van der Waals surface area contributed by atoms with Crippen molar-refractivity contribution < 1.29 is 4.79 Å². The first kappa shape index (κ1) is 18.1. The Bertz CT molecular complexity index is 1130. The maximum atomic E-state index is 12.8. The number of benzene rings is 2. The van der Waals surface area contributed by atoms with E-state index in [0.717, 1.165) is 28.0 Å². The summed E-state index contributed by atoms with van der Waals surface area (Å²) in [7, 11) is 3.74. The highest BCUT2D eigenvalue weighted by atomic mass is 32.2. The van der Waals surface area contributed by atoms with Crippen LogP contribution >= 0.6 is 11.8 Å². The lowest BCUT2D eigenvalue weighted by Crippen LogP contribution is -2.26. The smallest absolute Gasteiger partial charge is 0.187 e. The van der Waals surface area contributed by atoms with Gasteiger partial charge in [-0.1, -0.05) is 30.0 Å². The zero-order valence-corrected chi connectivity index (χ0v) is 16.7. The lowest BCUT2D eigenvalue weighted by Gasteiger charge is -2.19. The van der Waals surface area contributed by atoms with Crippen LogP contribution in [0.4, 0.5) is 11.4 Å². The third kappa shape index (κ3) is 3.02. The van der Waals surface area contributed by atoms with Crippen molar-refractivity contribution in [1.82, 2.24) is 9.97 Å². The molecule has 7 heteroatoms. The number of Topliss-reactive ketones (excluding diaryl/α,β-unsaturated/α-hetero) is 1. The van der Waals surface area contributed by atoms with Crippen LogP contribution < -0.4 is 9.80 Å². The first-order valence-corrected chi connectivity index (χ1v) is 9.81. The molecular formula is C21H19N5OS. The van der Waals surface area contributed by atoms with Gasteiger partial charge in [0.15, 0.2) is 10.9 Å². The molecule has 0 saturated carbocycles. The van der Waals surface area contributed by atoms with Gasteiger partial charge in [0.2, 0.25) is 0 Å². The number of nitrogens with one attached hydrogen (secondary N) is 1. The van der Waals surface area contributed by atoms with Gasteiger partial charge in [0, 0.05) is 14.1 Å². The summed E-state index contributed by atoms with van der Waals surface area (Å²) < 4.78 is 0. The second kappa shape index (κ2) is 7.06. The van der Waals surface area contributed by atoms with Gasteiger partial charge in [-0.3, -0.25) is 4.79 Å². The molecule has 0 saturated heterocycles. The van der Waals surface area contributed by atoms with Gasteiger partial charge in [-0.05, 0) is 36.8 Å². The van der Waals surface area contributed by atoms with Crippen molar-refractivity contribution in [3.05, 3.63) is 59.4 Å². The average molecular weight is 389 g/mol. The first-order chi connectivity index (χ1) is 13.5. The lowest BCUT2D eigenvalue weighted by molar-refractivity contribution is -0.112. The van der Waals surface area contributed by atoms with E-state index in [4.69, 9.17) is 0 Å². The summed E-state index contributed by atoms with van der Waals surface area (Å²) >= 11 is 1.31. The highest BCUT2D eigenvalue weighted by molar-refractivity contribution is 7.99. The van der Waals surface area contributed by atoms with Crippen molar-refractivity contribution in [2.45, 2.75) is 12.1 Å². The Morgan fingerprint density at radius 1 is 1.18 bits per heavy atom. The van der Waals surface area contributed by atoms with Crippen molar-refractivity contribution in [3.8, 4) is 6.07 Å². The Morgan fingerprint density at radius 2 is 1.86 bits per heavy atom. The number of allylic oxidation sites excluding steroid dienone is 1. The number of nitrogens with zero attached hydrogens (tertiary/aromatic N) is 4. The predicted molar refractivity (Wildman–Crippen MR) is 112 cm³/mol. The fourth-order valence-electron chi connectivity index (χ4n) is 3.43. The zero-order valence-electron chi connectivity index (χ0n) is 15.9. The molecule has 1 N–H and O–H groups in total. The minimum atomic E-state index is -0.217. The monoisotopic (exact) mass is 389 g/mol. The highest BCUT2D eigenvalue weighted by Crippen LogP contribution is 2.40. The van der Waals surface area contributed by atoms with Gasteiger partial charge in [0.1, 0.15) is 17.5 Å². The van der Waals surface area contributed by atoms with Crippen molar-refractivity contribution in [3.63, 3.8) is 0 Å². The second-order valence-corrected chi connectivity index (χ2v) is 7.66. The third-order valence-electron chi connectivity index (χ3n) is 4.81. The summed E-state index contributed by atoms with van der Waals surface area (Å²) in [6.45, 7) is 2.02. The molecule has 2 aromatic carbocycles. The van der Waals surface area contributed by atoms with Crippen LogP contribution in [-0.2, 0) is 4.79 Å². The number of nitriles is 1. The molecule has 0 radical (unpaired) electrons. The van der Waals surface area contributed by atoms with E-state index < -0.39 is 0 Å². The standard InChI is InChI=1S/C21H19N5OS/c1-13-8-9-15-16(10-13)24-21(23-15)28-12-19(27)14(11-22)20-25(2)17-6-4-5-7-18(17)26(20)3/h4-10H,12H2,1-3H3,(H,23,24). The number of aromatic amines is 1. The number of ketones is 1. The van der Waals surface area contributed by atoms with Crippen LogP contribution in [0.3, 0.4) is 0 Å². The summed E-state index contributed by atoms with van der Waals surface area (Å²) in [5.74, 6) is 0.531. The molecule has 4 rings (SSSR count). The van der Waals surface area contributed by atoms with Crippen LogP contribution in [-0.4, -0.2) is 35.6 Å². The number of hydrogen-bond donors (Lipinski definition) is 1. The van der Waals surface area contributed by atoms with Crippen LogP contribution in [0.25, 0.3) is 11.0 Å². The zero-order chi connectivity index (χ0) is 19.8. The largest absolute Gasteiger partial charge is 0.333 e. The summed E-state index contributed by atoms with van der Waals surface area (Å²) in [5.41, 5.74) is 5.05. The number of anilines is 2. The number of rotatable bonds is 4. The summed E-state index contributed by atoms with van der Waals surface area (Å²) in [4.78, 5) is 24.4. The van der Waals surface area contributed by atoms with Crippen LogP contribution in [0.2, 0.25) is 0 Å². The molecule has 0 aliphatic carbocycles. The maximum absolute atomic E-state index is 12.8. The summed E-state index contributed by atoms with van der Waals surface area (Å²) in [6, 6.07) is 15.9. The van der Waals surface area contributed by atoms with Crippen LogP contribution in [0, 0.1) is 18.3 Å². The molecule has 140 valence electrons. The average Bonchev–Trinajstić information content (AvgIpc) is 3.21. The molecule has 1 aliphatic heterocycles. The van der Waals surface area contributed by atoms with E-state index in [1.165, 1.54) is 11.8 Å². The van der Waals surface area contributed by atoms with Crippen molar-refractivity contribution >= 4 is 40.0 Å². The van der Waals surface area contributed by atoms with E-state index in [9.17, 15) is 10.1 Å². The van der Waals surface area contributed by atoms with Gasteiger partial charge in [-0.2, -0.15) is 5.26 Å². The van der Waals surface area contributed by atoms with E-state index in [0.29, 0.717) is 11.0 Å². The predicted octanol–water partition coefficient (Wildman–Crippen LogP) is 3.85. The van der Waals surface area contributed by atoms with Gasteiger partial charge in [-0.25, -0.2) is 4.98 Å². The lowest BCUT2D eigenvalue weighted by atomic mass is 10.2. The van der Waals surface area contributed by atoms with E-state index in [1.807, 2.05) is 73.3 Å². The Morgan fingerprint density at radius 3 is 2.50 bits per heavy atom. The number of thioether (sulfide) groups is 1. The van der Waals surface area contributed by atoms with Crippen LogP contribution in [0.15, 0.2) is 59.0 Å². The number of H-pyrrole nitrogens is 1. The molecule has 2 heterocycles. The van der Waals surface area contributed by atoms with E-state index in [1.54, 1.807) is 0 Å². The molecular weight excluding hydrogens is 370 g/mol. The number of carbonyl (C=O) groups is 1. The SMILES string of the molecule is Cc1ccc2nc(SCC(=O)C(C#N)=C3N(C)c4ccccc4N3C)[nH]c2c1. The molecule has 0 amide bonds. The van der Waals surface area contributed by atoms with Gasteiger partial charge in [-0.15, -0.1) is 0 Å². The molecule has 0 atom stereocenters. The third-order valence-corrected chi connectivity index (χ3v) is 5.68. The Labute approximate surface area is 167 Å². The number of aromatic nitrogens is 2. The summed E-state index contributed by atoms with van der Waals surface area (Å²) in [5, 5.41) is 10.4. The van der Waals surface area contributed by atoms with Gasteiger partial charge in [0.25, 0.3) is 0 Å². The Kier molecular flexibility index (Phi) is 4.57. The number of hydrogen-bond acceptors (Lipinski definition) is 6. The van der Waals surface area contributed by atoms with E-state index in [-0.39, 0.29) is 17.1 Å². The second-order valence-electron chi connectivity index (χ2n) is 6.69. The minimum Gasteiger partial charge on any atom is -0.333 e. The molecule has 28 heavy (non-hydrogen) atoms. The molecule has 1 aliphatic rings. The van der Waals surface area contributed by atoms with Crippen molar-refractivity contribution in [2.75, 3.05) is 29.6 Å². The Balaban J connectivity index is 1.58.